The largest absolute Gasteiger partial charge is 0.381 e. The minimum Gasteiger partial charge on any atom is -0.381 e. The third-order valence-corrected chi connectivity index (χ3v) is 8.39. The van der Waals surface area contributed by atoms with Crippen molar-refractivity contribution in [1.29, 1.82) is 0 Å². The molecule has 0 radical (unpaired) electrons. The fourth-order valence-corrected chi connectivity index (χ4v) is 6.10. The van der Waals surface area contributed by atoms with Gasteiger partial charge in [-0.3, -0.25) is 4.79 Å². The van der Waals surface area contributed by atoms with Crippen molar-refractivity contribution in [3.05, 3.63) is 105 Å². The zero-order chi connectivity index (χ0) is 29.0. The van der Waals surface area contributed by atoms with E-state index >= 15 is 4.39 Å². The van der Waals surface area contributed by atoms with E-state index in [9.17, 15) is 13.6 Å². The standard InChI is InChI=1S/C32H34ClF3N2O3/c33-23-6-4-20(5-7-23)30(22-14-24(34)17-25(35)15-22)31(37)29(39)16-21-2-1-3-28(36)27(21)9-8-26-18-38-19-32(41-26)10-12-40-13-11-32/h1-7,14-15,17,26,30-31,38H,8-13,16,18-19,37H2/t26-,30+,31-/m1/s1. The van der Waals surface area contributed by atoms with Crippen LogP contribution in [0.2, 0.25) is 5.02 Å². The summed E-state index contributed by atoms with van der Waals surface area (Å²) in [6.07, 6.45) is 2.39. The smallest absolute Gasteiger partial charge is 0.154 e. The molecule has 0 bridgehead atoms. The van der Waals surface area contributed by atoms with E-state index in [1.807, 2.05) is 0 Å². The summed E-state index contributed by atoms with van der Waals surface area (Å²) in [7, 11) is 0. The fourth-order valence-electron chi connectivity index (χ4n) is 5.97. The Bertz CT molecular complexity index is 1340. The predicted octanol–water partition coefficient (Wildman–Crippen LogP) is 5.50. The maximum absolute atomic E-state index is 15.1. The summed E-state index contributed by atoms with van der Waals surface area (Å²) < 4.78 is 55.4. The van der Waals surface area contributed by atoms with Gasteiger partial charge in [0.15, 0.2) is 5.78 Å². The van der Waals surface area contributed by atoms with Gasteiger partial charge in [0.25, 0.3) is 0 Å². The molecular formula is C32H34ClF3N2O3. The molecule has 2 fully saturated rings. The highest BCUT2D eigenvalue weighted by molar-refractivity contribution is 6.30. The first-order chi connectivity index (χ1) is 19.7. The van der Waals surface area contributed by atoms with Crippen molar-refractivity contribution in [3.8, 4) is 0 Å². The van der Waals surface area contributed by atoms with E-state index in [-0.39, 0.29) is 29.5 Å². The number of carbonyl (C=O) groups is 1. The molecule has 0 aromatic heterocycles. The zero-order valence-corrected chi connectivity index (χ0v) is 23.4. The second kappa shape index (κ2) is 13.0. The minimum absolute atomic E-state index is 0.0931. The van der Waals surface area contributed by atoms with Crippen molar-refractivity contribution in [2.45, 2.75) is 55.8 Å². The van der Waals surface area contributed by atoms with Crippen LogP contribution in [0, 0.1) is 17.5 Å². The van der Waals surface area contributed by atoms with E-state index in [1.54, 1.807) is 36.4 Å². The molecule has 0 saturated carbocycles. The van der Waals surface area contributed by atoms with Crippen LogP contribution in [0.4, 0.5) is 13.2 Å². The van der Waals surface area contributed by atoms with E-state index in [4.69, 9.17) is 26.8 Å². The molecule has 3 aromatic carbocycles. The first-order valence-corrected chi connectivity index (χ1v) is 14.3. The molecule has 3 atom stereocenters. The number of Topliss-reactive ketones (excluding diaryl/α,β-unsaturated/α-hetero) is 1. The van der Waals surface area contributed by atoms with Crippen molar-refractivity contribution in [3.63, 3.8) is 0 Å². The number of hydrogen-bond acceptors (Lipinski definition) is 5. The van der Waals surface area contributed by atoms with Crippen molar-refractivity contribution < 1.29 is 27.4 Å². The molecule has 5 nitrogen and oxygen atoms in total. The summed E-state index contributed by atoms with van der Waals surface area (Å²) in [5.41, 5.74) is 8.06. The van der Waals surface area contributed by atoms with E-state index in [1.165, 1.54) is 18.2 Å². The van der Waals surface area contributed by atoms with Gasteiger partial charge in [0.1, 0.15) is 17.5 Å². The number of nitrogens with one attached hydrogen (secondary N) is 1. The summed E-state index contributed by atoms with van der Waals surface area (Å²) in [6, 6.07) is 13.3. The van der Waals surface area contributed by atoms with Crippen molar-refractivity contribution in [2.75, 3.05) is 26.3 Å². The van der Waals surface area contributed by atoms with Crippen LogP contribution in [-0.4, -0.2) is 49.8 Å². The number of carbonyl (C=O) groups excluding carboxylic acids is 1. The summed E-state index contributed by atoms with van der Waals surface area (Å²) in [6.45, 7) is 2.76. The maximum atomic E-state index is 15.1. The van der Waals surface area contributed by atoms with Crippen LogP contribution in [0.5, 0.6) is 0 Å². The average Bonchev–Trinajstić information content (AvgIpc) is 2.94. The summed E-state index contributed by atoms with van der Waals surface area (Å²) in [4.78, 5) is 13.6. The van der Waals surface area contributed by atoms with Crippen LogP contribution in [-0.2, 0) is 27.1 Å². The van der Waals surface area contributed by atoms with E-state index in [2.05, 4.69) is 5.32 Å². The van der Waals surface area contributed by atoms with Gasteiger partial charge < -0.3 is 20.5 Å². The molecule has 218 valence electrons. The summed E-state index contributed by atoms with van der Waals surface area (Å²) in [5.74, 6) is -3.14. The number of benzene rings is 3. The van der Waals surface area contributed by atoms with Crippen LogP contribution >= 0.6 is 11.6 Å². The monoisotopic (exact) mass is 586 g/mol. The van der Waals surface area contributed by atoms with Gasteiger partial charge in [0, 0.05) is 62.6 Å². The zero-order valence-electron chi connectivity index (χ0n) is 22.7. The normalized spacial score (nSPS) is 20.1. The minimum atomic E-state index is -1.15. The molecule has 41 heavy (non-hydrogen) atoms. The number of halogens is 4. The molecule has 2 aliphatic rings. The topological polar surface area (TPSA) is 73.6 Å². The third kappa shape index (κ3) is 7.19. The van der Waals surface area contributed by atoms with Crippen molar-refractivity contribution >= 4 is 17.4 Å². The molecule has 2 heterocycles. The second-order valence-corrected chi connectivity index (χ2v) is 11.4. The number of rotatable bonds is 9. The van der Waals surface area contributed by atoms with Gasteiger partial charge in [-0.2, -0.15) is 0 Å². The number of morpholine rings is 1. The van der Waals surface area contributed by atoms with Crippen LogP contribution in [0.25, 0.3) is 0 Å². The molecular weight excluding hydrogens is 553 g/mol. The number of ether oxygens (including phenoxy) is 2. The Morgan fingerprint density at radius 3 is 2.44 bits per heavy atom. The Morgan fingerprint density at radius 2 is 1.73 bits per heavy atom. The molecule has 0 aliphatic carbocycles. The second-order valence-electron chi connectivity index (χ2n) is 11.0. The van der Waals surface area contributed by atoms with Gasteiger partial charge in [-0.1, -0.05) is 35.9 Å². The lowest BCUT2D eigenvalue weighted by Crippen LogP contribution is -2.56. The summed E-state index contributed by atoms with van der Waals surface area (Å²) >= 11 is 6.05. The fraction of sp³-hybridized carbons (Fsp3) is 0.406. The first kappa shape index (κ1) is 29.7. The highest BCUT2D eigenvalue weighted by Gasteiger charge is 2.38. The highest BCUT2D eigenvalue weighted by Crippen LogP contribution is 2.32. The molecule has 1 spiro atoms. The van der Waals surface area contributed by atoms with Gasteiger partial charge in [-0.25, -0.2) is 13.2 Å². The van der Waals surface area contributed by atoms with E-state index < -0.39 is 29.4 Å². The molecule has 2 saturated heterocycles. The van der Waals surface area contributed by atoms with Crippen LogP contribution in [0.3, 0.4) is 0 Å². The maximum Gasteiger partial charge on any atom is 0.154 e. The third-order valence-electron chi connectivity index (χ3n) is 8.14. The van der Waals surface area contributed by atoms with Crippen molar-refractivity contribution in [1.82, 2.24) is 5.32 Å². The molecule has 3 N–H and O–H groups in total. The lowest BCUT2D eigenvalue weighted by molar-refractivity contribution is -0.160. The van der Waals surface area contributed by atoms with Crippen LogP contribution in [0.15, 0.2) is 60.7 Å². The SMILES string of the molecule is N[C@H](C(=O)Cc1cccc(F)c1CC[C@@H]1CNCC2(CCOCC2)O1)[C@@H](c1ccc(Cl)cc1)c1cc(F)cc(F)c1. The van der Waals surface area contributed by atoms with Gasteiger partial charge >= 0.3 is 0 Å². The van der Waals surface area contributed by atoms with Gasteiger partial charge in [-0.05, 0) is 65.4 Å². The molecule has 3 aromatic rings. The average molecular weight is 587 g/mol. The van der Waals surface area contributed by atoms with Gasteiger partial charge in [0.05, 0.1) is 17.7 Å². The van der Waals surface area contributed by atoms with Crippen molar-refractivity contribution in [2.24, 2.45) is 5.73 Å². The Labute approximate surface area is 243 Å². The predicted molar refractivity (Wildman–Crippen MR) is 152 cm³/mol. The molecule has 2 aliphatic heterocycles. The quantitative estimate of drug-likeness (QED) is 0.346. The van der Waals surface area contributed by atoms with E-state index in [0.29, 0.717) is 54.3 Å². The molecule has 0 unspecified atom stereocenters. The van der Waals surface area contributed by atoms with Gasteiger partial charge in [-0.15, -0.1) is 0 Å². The Kier molecular flexibility index (Phi) is 9.46. The Hall–Kier alpha value is -2.75. The summed E-state index contributed by atoms with van der Waals surface area (Å²) in [5, 5.41) is 3.93. The van der Waals surface area contributed by atoms with Crippen LogP contribution < -0.4 is 11.1 Å². The van der Waals surface area contributed by atoms with Gasteiger partial charge in [0.2, 0.25) is 0 Å². The lowest BCUT2D eigenvalue weighted by Gasteiger charge is -2.44. The molecule has 5 rings (SSSR count). The number of hydrogen-bond donors (Lipinski definition) is 2. The van der Waals surface area contributed by atoms with Crippen LogP contribution in [0.1, 0.15) is 47.4 Å². The Balaban J connectivity index is 1.34. The Morgan fingerprint density at radius 1 is 1.02 bits per heavy atom. The highest BCUT2D eigenvalue weighted by atomic mass is 35.5. The first-order valence-electron chi connectivity index (χ1n) is 14.0. The number of nitrogens with two attached hydrogens (primary N) is 1. The number of ketones is 1. The molecule has 9 heteroatoms. The molecule has 0 amide bonds. The lowest BCUT2D eigenvalue weighted by atomic mass is 9.82. The van der Waals surface area contributed by atoms with E-state index in [0.717, 1.165) is 25.5 Å².